The number of carbonyl (C=O) groups is 3. The second-order valence-electron chi connectivity index (χ2n) is 20.8. The number of rotatable bonds is 18. The van der Waals surface area contributed by atoms with Crippen LogP contribution in [-0.2, 0) is 19.3 Å². The zero-order chi connectivity index (χ0) is 59.1. The van der Waals surface area contributed by atoms with Crippen LogP contribution in [0.15, 0.2) is 180 Å². The van der Waals surface area contributed by atoms with Crippen LogP contribution in [0.1, 0.15) is 131 Å². The van der Waals surface area contributed by atoms with Crippen LogP contribution < -0.4 is 23.7 Å². The van der Waals surface area contributed by atoms with Gasteiger partial charge in [0.25, 0.3) is 0 Å². The van der Waals surface area contributed by atoms with Gasteiger partial charge in [0.05, 0.1) is 36.5 Å². The number of carboxylic acids is 3. The minimum Gasteiger partial charge on any atom is -0.493 e. The summed E-state index contributed by atoms with van der Waals surface area (Å²) in [6.07, 6.45) is 16.9. The van der Waals surface area contributed by atoms with Crippen LogP contribution in [0.2, 0.25) is 0 Å². The van der Waals surface area contributed by atoms with E-state index in [9.17, 15) is 29.7 Å². The van der Waals surface area contributed by atoms with Gasteiger partial charge in [0.2, 0.25) is 5.88 Å². The number of aromatic carboxylic acids is 3. The van der Waals surface area contributed by atoms with Crippen molar-refractivity contribution < 1.29 is 53.4 Å². The highest BCUT2D eigenvalue weighted by atomic mass is 32.2. The fourth-order valence-electron chi connectivity index (χ4n) is 10.8. The van der Waals surface area contributed by atoms with Gasteiger partial charge in [-0.2, -0.15) is 0 Å². The number of aromatic nitrogens is 4. The topological polar surface area (TPSA) is 210 Å². The standard InChI is InChI=1S/C23H22N2O4.C23H21NO3S.C22H21NO4S/c1-15-3-2-4-22(25-15)29-18-7-8-19-16(10-12-28-21(19)13-18)5-6-17-14-24-11-9-20(17)23(26)27;25-23(26)21-10-12-24-15-17(21)7-6-16-11-13-27-22-14-19(8-9-20(16)22)28-18-4-2-1-3-5-18;1-14-2-7-21(28-14)27-17-5-6-18-15(9-11-26-20(18)12-17)3-4-16-13-23-10-8-19(16)22(24)25/h2-4,7-9,11,13-14,16H,5-6,10,12H2,1H3,(H,26,27);1-5,8-10,12,14-16H,6-7,11,13H2,(H,25,26);2,5-8,10,12-13,15H,3-4,9,11H2,1H3,(H,24,25). The summed E-state index contributed by atoms with van der Waals surface area (Å²) in [5.41, 5.74) is 7.71. The smallest absolute Gasteiger partial charge is 0.336 e. The van der Waals surface area contributed by atoms with Crippen molar-refractivity contribution in [2.24, 2.45) is 0 Å². The summed E-state index contributed by atoms with van der Waals surface area (Å²) in [6.45, 7) is 5.94. The van der Waals surface area contributed by atoms with Gasteiger partial charge in [0.15, 0.2) is 5.06 Å². The van der Waals surface area contributed by atoms with Crippen molar-refractivity contribution in [3.8, 4) is 39.7 Å². The van der Waals surface area contributed by atoms with Crippen LogP contribution in [0.25, 0.3) is 0 Å². The van der Waals surface area contributed by atoms with Gasteiger partial charge in [-0.1, -0.05) is 54.2 Å². The molecule has 15 nitrogen and oxygen atoms in total. The number of pyridine rings is 4. The molecule has 0 bridgehead atoms. The van der Waals surface area contributed by atoms with E-state index in [-0.39, 0.29) is 0 Å². The average molecular weight is 1180 g/mol. The summed E-state index contributed by atoms with van der Waals surface area (Å²) in [5.74, 6) is 2.88. The molecular formula is C68H64N4O11S2. The highest BCUT2D eigenvalue weighted by Crippen LogP contribution is 2.43. The van der Waals surface area contributed by atoms with Crippen molar-refractivity contribution in [1.29, 1.82) is 0 Å². The summed E-state index contributed by atoms with van der Waals surface area (Å²) >= 11 is 3.34. The monoisotopic (exact) mass is 1180 g/mol. The van der Waals surface area contributed by atoms with Crippen LogP contribution in [-0.4, -0.2) is 73.0 Å². The zero-order valence-corrected chi connectivity index (χ0v) is 48.7. The molecule has 0 amide bonds. The normalized spacial score (nSPS) is 15.4. The molecule has 12 rings (SSSR count). The summed E-state index contributed by atoms with van der Waals surface area (Å²) in [6, 6.07) is 42.9. The molecule has 0 saturated carbocycles. The second kappa shape index (κ2) is 28.5. The van der Waals surface area contributed by atoms with Gasteiger partial charge in [0.1, 0.15) is 28.7 Å². The van der Waals surface area contributed by atoms with Crippen molar-refractivity contribution in [3.63, 3.8) is 0 Å². The summed E-state index contributed by atoms with van der Waals surface area (Å²) in [5, 5.41) is 28.9. The maximum Gasteiger partial charge on any atom is 0.336 e. The van der Waals surface area contributed by atoms with E-state index in [0.29, 0.717) is 85.2 Å². The number of nitrogens with zero attached hydrogens (tertiary/aromatic N) is 4. The third-order valence-electron chi connectivity index (χ3n) is 15.1. The molecule has 3 aliphatic rings. The SMILES string of the molecule is Cc1ccc(Oc2ccc3c(c2)OCCC3CCc2cnccc2C(=O)O)s1.Cc1cccc(Oc2ccc3c(c2)OCCC3CCc2cnccc2C(=O)O)n1.O=C(O)c1ccncc1CCC1CCOc2cc(Sc3ccccc3)ccc21. The molecule has 3 atom stereocenters. The first-order valence-corrected chi connectivity index (χ1v) is 29.9. The van der Waals surface area contributed by atoms with E-state index in [4.69, 9.17) is 23.7 Å². The first kappa shape index (κ1) is 59.1. The van der Waals surface area contributed by atoms with Gasteiger partial charge < -0.3 is 39.0 Å². The lowest BCUT2D eigenvalue weighted by Gasteiger charge is -2.26. The zero-order valence-electron chi connectivity index (χ0n) is 47.1. The van der Waals surface area contributed by atoms with Gasteiger partial charge in [-0.3, -0.25) is 15.0 Å². The first-order valence-electron chi connectivity index (χ1n) is 28.3. The Morgan fingerprint density at radius 3 is 1.45 bits per heavy atom. The third kappa shape index (κ3) is 15.8. The van der Waals surface area contributed by atoms with Crippen molar-refractivity contribution in [1.82, 2.24) is 19.9 Å². The molecule has 5 aromatic heterocycles. The third-order valence-corrected chi connectivity index (χ3v) is 17.0. The average Bonchev–Trinajstić information content (AvgIpc) is 4.12. The molecule has 17 heteroatoms. The molecule has 3 unspecified atom stereocenters. The summed E-state index contributed by atoms with van der Waals surface area (Å²) in [4.78, 5) is 54.4. The van der Waals surface area contributed by atoms with E-state index in [0.717, 1.165) is 105 Å². The van der Waals surface area contributed by atoms with E-state index in [1.54, 1.807) is 59.9 Å². The molecule has 3 aliphatic heterocycles. The molecule has 434 valence electrons. The van der Waals surface area contributed by atoms with Crippen LogP contribution in [0, 0.1) is 13.8 Å². The molecule has 85 heavy (non-hydrogen) atoms. The fourth-order valence-corrected chi connectivity index (χ4v) is 12.4. The highest BCUT2D eigenvalue weighted by molar-refractivity contribution is 7.99. The predicted molar refractivity (Wildman–Crippen MR) is 325 cm³/mol. The van der Waals surface area contributed by atoms with E-state index in [1.807, 2.05) is 85.8 Å². The number of benzene rings is 4. The number of hydrogen-bond acceptors (Lipinski definition) is 14. The van der Waals surface area contributed by atoms with Gasteiger partial charge in [0, 0.05) is 75.7 Å². The lowest BCUT2D eigenvalue weighted by Crippen LogP contribution is -2.15. The van der Waals surface area contributed by atoms with E-state index in [1.165, 1.54) is 33.9 Å². The Morgan fingerprint density at radius 1 is 0.518 bits per heavy atom. The van der Waals surface area contributed by atoms with Crippen LogP contribution in [0.4, 0.5) is 0 Å². The van der Waals surface area contributed by atoms with Crippen molar-refractivity contribution in [3.05, 3.63) is 231 Å². The maximum atomic E-state index is 11.4. The minimum absolute atomic E-state index is 0.298. The molecule has 8 heterocycles. The van der Waals surface area contributed by atoms with Crippen LogP contribution >= 0.6 is 23.1 Å². The Labute approximate surface area is 501 Å². The van der Waals surface area contributed by atoms with Crippen molar-refractivity contribution >= 4 is 41.0 Å². The molecule has 9 aromatic rings. The summed E-state index contributed by atoms with van der Waals surface area (Å²) < 4.78 is 29.5. The lowest BCUT2D eigenvalue weighted by atomic mass is 9.87. The number of hydrogen-bond donors (Lipinski definition) is 3. The molecular weight excluding hydrogens is 1110 g/mol. The fraction of sp³-hybridized carbons (Fsp3) is 0.250. The molecule has 0 radical (unpaired) electrons. The van der Waals surface area contributed by atoms with E-state index < -0.39 is 17.9 Å². The first-order chi connectivity index (χ1) is 41.4. The molecule has 0 spiro atoms. The Balaban J connectivity index is 0.000000142. The predicted octanol–water partition coefficient (Wildman–Crippen LogP) is 15.6. The van der Waals surface area contributed by atoms with Crippen LogP contribution in [0.5, 0.6) is 39.7 Å². The van der Waals surface area contributed by atoms with Crippen LogP contribution in [0.3, 0.4) is 0 Å². The number of thiophene rings is 1. The molecule has 0 saturated heterocycles. The number of fused-ring (bicyclic) bond motifs is 3. The minimum atomic E-state index is -0.915. The molecule has 0 fully saturated rings. The van der Waals surface area contributed by atoms with E-state index in [2.05, 4.69) is 63.3 Å². The van der Waals surface area contributed by atoms with Gasteiger partial charge in [-0.25, -0.2) is 19.4 Å². The van der Waals surface area contributed by atoms with Gasteiger partial charge in [-0.15, -0.1) is 11.3 Å². The Bertz CT molecular complexity index is 3780. The quantitative estimate of drug-likeness (QED) is 0.0729. The largest absolute Gasteiger partial charge is 0.493 e. The maximum absolute atomic E-state index is 11.4. The van der Waals surface area contributed by atoms with Crippen molar-refractivity contribution in [2.75, 3.05) is 19.8 Å². The summed E-state index contributed by atoms with van der Waals surface area (Å²) in [7, 11) is 0. The Hall–Kier alpha value is -9.06. The molecule has 3 N–H and O–H groups in total. The van der Waals surface area contributed by atoms with E-state index >= 15 is 0 Å². The number of ether oxygens (including phenoxy) is 5. The van der Waals surface area contributed by atoms with Gasteiger partial charge >= 0.3 is 17.9 Å². The van der Waals surface area contributed by atoms with Gasteiger partial charge in [-0.05, 0) is 196 Å². The highest BCUT2D eigenvalue weighted by Gasteiger charge is 2.26. The second-order valence-corrected chi connectivity index (χ2v) is 23.2. The Morgan fingerprint density at radius 2 is 0.988 bits per heavy atom. The van der Waals surface area contributed by atoms with Crippen molar-refractivity contribution in [2.45, 2.75) is 99.2 Å². The molecule has 0 aliphatic carbocycles. The lowest BCUT2D eigenvalue weighted by molar-refractivity contribution is 0.0684. The number of carboxylic acid groups (broad SMARTS) is 3. The molecule has 4 aromatic carbocycles. The number of aryl methyl sites for hydroxylation is 5. The Kier molecular flexibility index (Phi) is 19.8.